The van der Waals surface area contributed by atoms with Crippen LogP contribution >= 0.6 is 11.6 Å². The predicted octanol–water partition coefficient (Wildman–Crippen LogP) is 3.06. The van der Waals surface area contributed by atoms with Crippen molar-refractivity contribution in [2.45, 2.75) is 23.8 Å². The summed E-state index contributed by atoms with van der Waals surface area (Å²) in [5.74, 6) is -0.781. The van der Waals surface area contributed by atoms with Crippen LogP contribution in [-0.4, -0.2) is 18.1 Å². The Morgan fingerprint density at radius 2 is 1.84 bits per heavy atom. The average Bonchev–Trinajstić information content (AvgIpc) is 2.93. The van der Waals surface area contributed by atoms with Crippen LogP contribution in [-0.2, 0) is 26.0 Å². The minimum Gasteiger partial charge on any atom is -0.466 e. The number of methoxy groups -OCH3 is 1. The van der Waals surface area contributed by atoms with Gasteiger partial charge in [0.15, 0.2) is 0 Å². The molecule has 0 aliphatic carbocycles. The molecule has 0 N–H and O–H groups in total. The highest BCUT2D eigenvalue weighted by molar-refractivity contribution is 6.35. The van der Waals surface area contributed by atoms with E-state index in [1.807, 2.05) is 0 Å². The molecule has 1 aliphatic rings. The standard InChI is InChI=1S/C12H10ClF3O3/c1-10(11(13,19-10)9(17)18-2)7-3-5-8(6-4-7)12(14,15)16/h3-6H,1-2H3. The molecule has 0 radical (unpaired) electrons. The van der Waals surface area contributed by atoms with Crippen LogP contribution in [0.3, 0.4) is 0 Å². The number of hydrogen-bond donors (Lipinski definition) is 0. The van der Waals surface area contributed by atoms with Gasteiger partial charge in [0.25, 0.3) is 5.06 Å². The Balaban J connectivity index is 2.28. The molecule has 1 aromatic carbocycles. The van der Waals surface area contributed by atoms with Crippen LogP contribution in [0.2, 0.25) is 0 Å². The fourth-order valence-electron chi connectivity index (χ4n) is 1.85. The molecule has 1 aliphatic heterocycles. The number of carbonyl (C=O) groups is 1. The van der Waals surface area contributed by atoms with Gasteiger partial charge in [-0.1, -0.05) is 23.7 Å². The largest absolute Gasteiger partial charge is 0.466 e. The molecule has 1 fully saturated rings. The van der Waals surface area contributed by atoms with Gasteiger partial charge in [0, 0.05) is 0 Å². The number of alkyl halides is 4. The number of halogens is 4. The summed E-state index contributed by atoms with van der Waals surface area (Å²) in [6.07, 6.45) is -4.41. The van der Waals surface area contributed by atoms with E-state index in [0.29, 0.717) is 5.56 Å². The summed E-state index contributed by atoms with van der Waals surface area (Å²) in [5, 5.41) is -1.68. The maximum absolute atomic E-state index is 12.4. The van der Waals surface area contributed by atoms with E-state index < -0.39 is 28.4 Å². The van der Waals surface area contributed by atoms with Crippen molar-refractivity contribution in [3.8, 4) is 0 Å². The van der Waals surface area contributed by atoms with Crippen LogP contribution in [0.1, 0.15) is 18.1 Å². The molecule has 0 spiro atoms. The van der Waals surface area contributed by atoms with Gasteiger partial charge >= 0.3 is 12.1 Å². The third-order valence-corrected chi connectivity index (χ3v) is 3.72. The average molecular weight is 295 g/mol. The Bertz CT molecular complexity index is 514. The highest BCUT2D eigenvalue weighted by Gasteiger charge is 2.73. The monoisotopic (exact) mass is 294 g/mol. The number of carbonyl (C=O) groups excluding carboxylic acids is 1. The molecule has 2 unspecified atom stereocenters. The van der Waals surface area contributed by atoms with Gasteiger partial charge in [-0.2, -0.15) is 13.2 Å². The Morgan fingerprint density at radius 1 is 1.32 bits per heavy atom. The molecule has 1 heterocycles. The predicted molar refractivity (Wildman–Crippen MR) is 60.5 cm³/mol. The molecule has 19 heavy (non-hydrogen) atoms. The number of ether oxygens (including phenoxy) is 2. The quantitative estimate of drug-likeness (QED) is 0.478. The number of hydrogen-bond acceptors (Lipinski definition) is 3. The highest BCUT2D eigenvalue weighted by atomic mass is 35.5. The molecule has 0 saturated carbocycles. The van der Waals surface area contributed by atoms with E-state index >= 15 is 0 Å². The van der Waals surface area contributed by atoms with E-state index in [1.54, 1.807) is 0 Å². The molecule has 1 aromatic rings. The van der Waals surface area contributed by atoms with Gasteiger partial charge in [-0.25, -0.2) is 4.79 Å². The third-order valence-electron chi connectivity index (χ3n) is 3.13. The van der Waals surface area contributed by atoms with E-state index in [-0.39, 0.29) is 0 Å². The summed E-state index contributed by atoms with van der Waals surface area (Å²) in [7, 11) is 1.15. The summed E-state index contributed by atoms with van der Waals surface area (Å²) in [6, 6.07) is 4.29. The lowest BCUT2D eigenvalue weighted by molar-refractivity contribution is -0.143. The smallest absolute Gasteiger partial charge is 0.416 e. The second kappa shape index (κ2) is 4.11. The highest BCUT2D eigenvalue weighted by Crippen LogP contribution is 2.59. The van der Waals surface area contributed by atoms with Crippen LogP contribution in [0, 0.1) is 0 Å². The van der Waals surface area contributed by atoms with Gasteiger partial charge in [0.05, 0.1) is 12.7 Å². The number of rotatable bonds is 2. The second-order valence-electron chi connectivity index (χ2n) is 4.30. The van der Waals surface area contributed by atoms with Gasteiger partial charge in [0.2, 0.25) is 0 Å². The minimum atomic E-state index is -4.41. The molecule has 0 amide bonds. The zero-order valence-corrected chi connectivity index (χ0v) is 10.8. The zero-order chi connectivity index (χ0) is 14.5. The summed E-state index contributed by atoms with van der Waals surface area (Å²) >= 11 is 5.95. The lowest BCUT2D eigenvalue weighted by atomic mass is 9.96. The van der Waals surface area contributed by atoms with E-state index in [1.165, 1.54) is 19.1 Å². The molecule has 7 heteroatoms. The fraction of sp³-hybridized carbons (Fsp3) is 0.417. The molecule has 1 saturated heterocycles. The fourth-order valence-corrected chi connectivity index (χ4v) is 2.19. The molecule has 0 aromatic heterocycles. The summed E-state index contributed by atoms with van der Waals surface area (Å²) in [4.78, 5) is 11.5. The number of benzene rings is 1. The van der Waals surface area contributed by atoms with Crippen molar-refractivity contribution in [3.63, 3.8) is 0 Å². The first kappa shape index (κ1) is 14.1. The molecule has 2 atom stereocenters. The van der Waals surface area contributed by atoms with E-state index in [9.17, 15) is 18.0 Å². The summed E-state index contributed by atoms with van der Waals surface area (Å²) < 4.78 is 47.0. The summed E-state index contributed by atoms with van der Waals surface area (Å²) in [5.41, 5.74) is -1.59. The molecular weight excluding hydrogens is 285 g/mol. The lowest BCUT2D eigenvalue weighted by Crippen LogP contribution is -2.27. The Kier molecular flexibility index (Phi) is 3.06. The number of epoxide rings is 1. The maximum Gasteiger partial charge on any atom is 0.416 e. The minimum absolute atomic E-state index is 0.376. The van der Waals surface area contributed by atoms with Gasteiger partial charge in [-0.05, 0) is 24.6 Å². The van der Waals surface area contributed by atoms with Gasteiger partial charge in [0.1, 0.15) is 5.60 Å². The van der Waals surface area contributed by atoms with E-state index in [4.69, 9.17) is 16.3 Å². The maximum atomic E-state index is 12.4. The normalized spacial score (nSPS) is 30.0. The van der Waals surface area contributed by atoms with Gasteiger partial charge < -0.3 is 9.47 Å². The SMILES string of the molecule is COC(=O)C1(Cl)OC1(C)c1ccc(C(F)(F)F)cc1. The van der Waals surface area contributed by atoms with Crippen molar-refractivity contribution in [1.82, 2.24) is 0 Å². The first-order valence-corrected chi connectivity index (χ1v) is 5.68. The Hall–Kier alpha value is -1.27. The van der Waals surface area contributed by atoms with Crippen LogP contribution in [0.5, 0.6) is 0 Å². The van der Waals surface area contributed by atoms with Crippen LogP contribution in [0.25, 0.3) is 0 Å². The zero-order valence-electron chi connectivity index (χ0n) is 10.0. The van der Waals surface area contributed by atoms with Crippen molar-refractivity contribution in [2.24, 2.45) is 0 Å². The van der Waals surface area contributed by atoms with Crippen LogP contribution in [0.15, 0.2) is 24.3 Å². The van der Waals surface area contributed by atoms with E-state index in [2.05, 4.69) is 4.74 Å². The molecule has 3 nitrogen and oxygen atoms in total. The van der Waals surface area contributed by atoms with Crippen LogP contribution < -0.4 is 0 Å². The lowest BCUT2D eigenvalue weighted by Gasteiger charge is -2.11. The number of esters is 1. The first-order valence-electron chi connectivity index (χ1n) is 5.30. The molecule has 104 valence electrons. The second-order valence-corrected chi connectivity index (χ2v) is 4.83. The van der Waals surface area contributed by atoms with Crippen molar-refractivity contribution in [2.75, 3.05) is 7.11 Å². The van der Waals surface area contributed by atoms with Gasteiger partial charge in [-0.3, -0.25) is 0 Å². The van der Waals surface area contributed by atoms with Crippen molar-refractivity contribution >= 4 is 17.6 Å². The Morgan fingerprint density at radius 3 is 2.26 bits per heavy atom. The first-order chi connectivity index (χ1) is 8.65. The molecule has 0 bridgehead atoms. The van der Waals surface area contributed by atoms with E-state index in [0.717, 1.165) is 19.2 Å². The van der Waals surface area contributed by atoms with Gasteiger partial charge in [-0.15, -0.1) is 0 Å². The topological polar surface area (TPSA) is 38.8 Å². The molecular formula is C12H10ClF3O3. The summed E-state index contributed by atoms with van der Waals surface area (Å²) in [6.45, 7) is 1.51. The Labute approximate surface area is 112 Å². The van der Waals surface area contributed by atoms with Crippen molar-refractivity contribution < 1.29 is 27.4 Å². The van der Waals surface area contributed by atoms with Crippen LogP contribution in [0.4, 0.5) is 13.2 Å². The third kappa shape index (κ3) is 2.08. The van der Waals surface area contributed by atoms with Crippen molar-refractivity contribution in [1.29, 1.82) is 0 Å². The van der Waals surface area contributed by atoms with Crippen molar-refractivity contribution in [3.05, 3.63) is 35.4 Å². The molecule has 2 rings (SSSR count).